The summed E-state index contributed by atoms with van der Waals surface area (Å²) in [6, 6.07) is 0.261. The first-order chi connectivity index (χ1) is 17.6. The van der Waals surface area contributed by atoms with Crippen LogP contribution in [0.2, 0.25) is 36.3 Å². The molecule has 1 heterocycles. The third-order valence-corrected chi connectivity index (χ3v) is 23.8. The molecule has 0 radical (unpaired) electrons. The largest absolute Gasteiger partial charge is 0.413 e. The maximum atomic E-state index is 13.8. The van der Waals surface area contributed by atoms with Gasteiger partial charge in [0.1, 0.15) is 0 Å². The molecule has 226 valence electrons. The van der Waals surface area contributed by atoms with Crippen LogP contribution in [0.1, 0.15) is 114 Å². The van der Waals surface area contributed by atoms with Crippen molar-refractivity contribution in [1.82, 2.24) is 4.57 Å². The van der Waals surface area contributed by atoms with Gasteiger partial charge in [0.2, 0.25) is 5.91 Å². The van der Waals surface area contributed by atoms with Gasteiger partial charge < -0.3 is 14.1 Å². The van der Waals surface area contributed by atoms with Gasteiger partial charge in [0.15, 0.2) is 16.6 Å². The molecule has 1 amide bonds. The van der Waals surface area contributed by atoms with Crippen LogP contribution in [0.5, 0.6) is 0 Å². The molecule has 0 bridgehead atoms. The SMILES string of the molecule is CCC(O)C1CC2N([Si](C)(C)C(C)(C)C)C(=O)CC[C@]2(C)[C@@H]2CC[C@]3(C)C(O[Si](C)(C)C(C)(C)C)CC[C@H]3[C@H]12. The lowest BCUT2D eigenvalue weighted by molar-refractivity contribution is -0.175. The monoisotopic (exact) mass is 577 g/mol. The summed E-state index contributed by atoms with van der Waals surface area (Å²) in [6.07, 6.45) is 8.39. The van der Waals surface area contributed by atoms with Crippen molar-refractivity contribution in [3.05, 3.63) is 0 Å². The smallest absolute Gasteiger partial charge is 0.214 e. The van der Waals surface area contributed by atoms with Crippen LogP contribution in [0.25, 0.3) is 0 Å². The molecule has 3 aliphatic carbocycles. The maximum Gasteiger partial charge on any atom is 0.214 e. The van der Waals surface area contributed by atoms with E-state index in [1.807, 2.05) is 0 Å². The molecule has 1 N–H and O–H groups in total. The van der Waals surface area contributed by atoms with Crippen molar-refractivity contribution in [3.63, 3.8) is 0 Å². The topological polar surface area (TPSA) is 49.8 Å². The van der Waals surface area contributed by atoms with Crippen molar-refractivity contribution >= 4 is 22.5 Å². The minimum absolute atomic E-state index is 0.113. The maximum absolute atomic E-state index is 13.8. The number of aliphatic hydroxyl groups is 1. The molecule has 1 saturated heterocycles. The molecule has 39 heavy (non-hydrogen) atoms. The third kappa shape index (κ3) is 4.87. The molecule has 4 aliphatic rings. The molecule has 1 aliphatic heterocycles. The van der Waals surface area contributed by atoms with Gasteiger partial charge in [-0.25, -0.2) is 0 Å². The van der Waals surface area contributed by atoms with Crippen molar-refractivity contribution < 1.29 is 14.3 Å². The number of rotatable bonds is 5. The van der Waals surface area contributed by atoms with Crippen LogP contribution < -0.4 is 0 Å². The van der Waals surface area contributed by atoms with Crippen LogP contribution in [0.15, 0.2) is 0 Å². The summed E-state index contributed by atoms with van der Waals surface area (Å²) in [6.45, 7) is 31.0. The van der Waals surface area contributed by atoms with Gasteiger partial charge in [0.25, 0.3) is 0 Å². The number of hydrogen-bond donors (Lipinski definition) is 1. The molecular formula is C33H63NO3Si2. The number of piperidine rings is 1. The van der Waals surface area contributed by atoms with Gasteiger partial charge in [-0.05, 0) is 103 Å². The summed E-state index contributed by atoms with van der Waals surface area (Å²) in [7, 11) is -3.93. The fourth-order valence-electron chi connectivity index (χ4n) is 9.37. The Morgan fingerprint density at radius 1 is 0.949 bits per heavy atom. The molecule has 0 aromatic rings. The highest BCUT2D eigenvalue weighted by atomic mass is 28.4. The Kier molecular flexibility index (Phi) is 8.09. The minimum atomic E-state index is -2.06. The van der Waals surface area contributed by atoms with Crippen LogP contribution in [-0.4, -0.2) is 50.4 Å². The van der Waals surface area contributed by atoms with Crippen LogP contribution in [0, 0.1) is 34.5 Å². The molecule has 0 spiro atoms. The molecule has 4 nitrogen and oxygen atoms in total. The normalized spacial score (nSPS) is 40.7. The van der Waals surface area contributed by atoms with E-state index in [0.717, 1.165) is 19.3 Å². The Morgan fingerprint density at radius 3 is 2.08 bits per heavy atom. The molecule has 4 rings (SSSR count). The predicted octanol–water partition coefficient (Wildman–Crippen LogP) is 8.61. The van der Waals surface area contributed by atoms with Gasteiger partial charge in [-0.3, -0.25) is 4.79 Å². The van der Waals surface area contributed by atoms with Gasteiger partial charge >= 0.3 is 0 Å². The Bertz CT molecular complexity index is 936. The van der Waals surface area contributed by atoms with E-state index in [9.17, 15) is 9.90 Å². The fraction of sp³-hybridized carbons (Fsp3) is 0.970. The zero-order valence-corrected chi connectivity index (χ0v) is 29.9. The quantitative estimate of drug-likeness (QED) is 0.333. The van der Waals surface area contributed by atoms with Crippen molar-refractivity contribution in [1.29, 1.82) is 0 Å². The number of hydrogen-bond acceptors (Lipinski definition) is 3. The molecule has 3 saturated carbocycles. The van der Waals surface area contributed by atoms with Gasteiger partial charge in [0.05, 0.1) is 12.2 Å². The number of nitrogens with zero attached hydrogens (tertiary/aromatic N) is 1. The average Bonchev–Trinajstić information content (AvgIpc) is 3.12. The number of carbonyl (C=O) groups is 1. The standard InChI is InChI=1S/C33H63NO3Si2/c1-14-25(35)22-21-26-32(8,20-18-28(36)34(26)38(10,11)30(2,3)4)24-17-19-33(9)23(29(22)24)15-16-27(33)37-39(12,13)31(5,6)7/h22-27,29,35H,14-21H2,1-13H3/t22?,23-,24+,25?,26?,27?,29-,32+,33-/m0/s1. The van der Waals surface area contributed by atoms with Crippen molar-refractivity contribution in [2.24, 2.45) is 34.5 Å². The zero-order valence-electron chi connectivity index (χ0n) is 27.9. The van der Waals surface area contributed by atoms with E-state index in [0.29, 0.717) is 36.2 Å². The van der Waals surface area contributed by atoms with E-state index in [1.54, 1.807) is 0 Å². The van der Waals surface area contributed by atoms with Crippen LogP contribution in [0.3, 0.4) is 0 Å². The lowest BCUT2D eigenvalue weighted by Crippen LogP contribution is -2.72. The summed E-state index contributed by atoms with van der Waals surface area (Å²) < 4.78 is 9.68. The number of carbonyl (C=O) groups excluding carboxylic acids is 1. The van der Waals surface area contributed by atoms with Crippen molar-refractivity contribution in [3.8, 4) is 0 Å². The van der Waals surface area contributed by atoms with Gasteiger partial charge in [-0.15, -0.1) is 0 Å². The molecule has 0 aromatic heterocycles. The Balaban J connectivity index is 1.74. The second-order valence-corrected chi connectivity index (χ2v) is 27.6. The average molecular weight is 578 g/mol. The van der Waals surface area contributed by atoms with Gasteiger partial charge in [0, 0.05) is 12.5 Å². The molecule has 6 heteroatoms. The summed E-state index contributed by atoms with van der Waals surface area (Å²) >= 11 is 0. The Labute approximate surface area is 243 Å². The van der Waals surface area contributed by atoms with E-state index in [1.165, 1.54) is 25.7 Å². The first kappa shape index (κ1) is 31.8. The van der Waals surface area contributed by atoms with E-state index in [-0.39, 0.29) is 39.0 Å². The first-order valence-corrected chi connectivity index (χ1v) is 22.2. The van der Waals surface area contributed by atoms with E-state index in [2.05, 4.69) is 93.1 Å². The minimum Gasteiger partial charge on any atom is -0.413 e. The highest BCUT2D eigenvalue weighted by Gasteiger charge is 2.66. The second kappa shape index (κ2) is 9.94. The second-order valence-electron chi connectivity index (χ2n) is 17.7. The summed E-state index contributed by atoms with van der Waals surface area (Å²) in [5, 5.41) is 12.0. The number of aliphatic hydroxyl groups excluding tert-OH is 1. The predicted molar refractivity (Wildman–Crippen MR) is 169 cm³/mol. The fourth-order valence-corrected chi connectivity index (χ4v) is 13.5. The van der Waals surface area contributed by atoms with Gasteiger partial charge in [-0.2, -0.15) is 0 Å². The van der Waals surface area contributed by atoms with Crippen LogP contribution in [-0.2, 0) is 9.22 Å². The Hall–Kier alpha value is -0.176. The highest BCUT2D eigenvalue weighted by Crippen LogP contribution is 2.68. The zero-order chi connectivity index (χ0) is 29.6. The molecule has 4 unspecified atom stereocenters. The number of fused-ring (bicyclic) bond motifs is 5. The van der Waals surface area contributed by atoms with Crippen molar-refractivity contribution in [2.75, 3.05) is 0 Å². The summed E-state index contributed by atoms with van der Waals surface area (Å²) in [5.74, 6) is 2.37. The Morgan fingerprint density at radius 2 is 1.54 bits per heavy atom. The van der Waals surface area contributed by atoms with Gasteiger partial charge in [-0.1, -0.05) is 75.4 Å². The summed E-state index contributed by atoms with van der Waals surface area (Å²) in [5.41, 5.74) is 0.326. The van der Waals surface area contributed by atoms with E-state index in [4.69, 9.17) is 4.43 Å². The third-order valence-electron chi connectivity index (χ3n) is 13.9. The summed E-state index contributed by atoms with van der Waals surface area (Å²) in [4.78, 5) is 13.8. The first-order valence-electron chi connectivity index (χ1n) is 16.3. The molecular weight excluding hydrogens is 515 g/mol. The van der Waals surface area contributed by atoms with Crippen LogP contribution in [0.4, 0.5) is 0 Å². The van der Waals surface area contributed by atoms with E-state index < -0.39 is 16.6 Å². The molecule has 0 aromatic carbocycles. The molecule has 4 fully saturated rings. The van der Waals surface area contributed by atoms with Crippen LogP contribution >= 0.6 is 0 Å². The molecule has 9 atom stereocenters. The van der Waals surface area contributed by atoms with Crippen molar-refractivity contribution in [2.45, 2.75) is 168 Å². The van der Waals surface area contributed by atoms with E-state index >= 15 is 0 Å². The number of amides is 1. The lowest BCUT2D eigenvalue weighted by Gasteiger charge is -2.67. The highest BCUT2D eigenvalue weighted by molar-refractivity contribution is 6.79. The lowest BCUT2D eigenvalue weighted by atomic mass is 9.44.